The van der Waals surface area contributed by atoms with Gasteiger partial charge in [0.05, 0.1) is 12.8 Å². The van der Waals surface area contributed by atoms with Crippen molar-refractivity contribution in [2.75, 3.05) is 6.16 Å². The van der Waals surface area contributed by atoms with E-state index in [-0.39, 0.29) is 12.8 Å². The van der Waals surface area contributed by atoms with E-state index in [2.05, 4.69) is 0 Å². The molecule has 4 nitrogen and oxygen atoms in total. The summed E-state index contributed by atoms with van der Waals surface area (Å²) in [5.41, 5.74) is 1.59. The van der Waals surface area contributed by atoms with Gasteiger partial charge in [-0.1, -0.05) is 30.4 Å². The summed E-state index contributed by atoms with van der Waals surface area (Å²) in [6.07, 6.45) is 2.78. The predicted molar refractivity (Wildman–Crippen MR) is 58.3 cm³/mol. The third-order valence-corrected chi connectivity index (χ3v) is 2.47. The molecule has 0 saturated heterocycles. The Morgan fingerprint density at radius 3 is 2.67 bits per heavy atom. The molecule has 0 atom stereocenters. The van der Waals surface area contributed by atoms with Crippen LogP contribution in [0, 0.1) is 0 Å². The fraction of sp³-hybridized carbons (Fsp3) is 0.200. The molecule has 0 radical (unpaired) electrons. The van der Waals surface area contributed by atoms with Gasteiger partial charge < -0.3 is 14.9 Å². The van der Waals surface area contributed by atoms with Crippen molar-refractivity contribution >= 4 is 13.7 Å². The second-order valence-corrected chi connectivity index (χ2v) is 4.85. The van der Waals surface area contributed by atoms with Gasteiger partial charge in [0.15, 0.2) is 0 Å². The molecule has 5 heteroatoms. The first kappa shape index (κ1) is 12.1. The SMILES string of the molecule is O=P(O)(O)CC=Cc1cccc(CO)c1. The Kier molecular flexibility index (Phi) is 4.24. The van der Waals surface area contributed by atoms with E-state index in [1.165, 1.54) is 6.08 Å². The second kappa shape index (κ2) is 5.24. The highest BCUT2D eigenvalue weighted by molar-refractivity contribution is 7.51. The molecule has 1 rings (SSSR count). The van der Waals surface area contributed by atoms with Crippen LogP contribution in [0.4, 0.5) is 0 Å². The van der Waals surface area contributed by atoms with Crippen LogP contribution in [-0.2, 0) is 11.2 Å². The van der Waals surface area contributed by atoms with E-state index in [4.69, 9.17) is 14.9 Å². The minimum absolute atomic E-state index is 0.0415. The highest BCUT2D eigenvalue weighted by Gasteiger charge is 2.08. The molecule has 15 heavy (non-hydrogen) atoms. The van der Waals surface area contributed by atoms with E-state index >= 15 is 0 Å². The quantitative estimate of drug-likeness (QED) is 0.680. The number of aliphatic hydroxyl groups excluding tert-OH is 1. The van der Waals surface area contributed by atoms with Crippen LogP contribution >= 0.6 is 7.60 Å². The zero-order valence-corrected chi connectivity index (χ0v) is 8.97. The molecular weight excluding hydrogens is 215 g/mol. The fourth-order valence-corrected chi connectivity index (χ4v) is 1.50. The van der Waals surface area contributed by atoms with Crippen molar-refractivity contribution in [3.8, 4) is 0 Å². The van der Waals surface area contributed by atoms with E-state index in [1.807, 2.05) is 0 Å². The minimum atomic E-state index is -3.96. The van der Waals surface area contributed by atoms with Crippen LogP contribution in [0.3, 0.4) is 0 Å². The maximum atomic E-state index is 10.5. The van der Waals surface area contributed by atoms with Crippen molar-refractivity contribution in [1.29, 1.82) is 0 Å². The molecule has 3 N–H and O–H groups in total. The number of hydrogen-bond donors (Lipinski definition) is 3. The number of benzene rings is 1. The number of aliphatic hydroxyl groups is 1. The topological polar surface area (TPSA) is 77.8 Å². The van der Waals surface area contributed by atoms with Crippen LogP contribution < -0.4 is 0 Å². The van der Waals surface area contributed by atoms with Gasteiger partial charge in [-0.05, 0) is 17.2 Å². The average molecular weight is 228 g/mol. The van der Waals surface area contributed by atoms with Crippen LogP contribution in [0.5, 0.6) is 0 Å². The molecule has 0 amide bonds. The standard InChI is InChI=1S/C10H13O4P/c11-8-10-4-1-3-9(7-10)5-2-6-15(12,13)14/h1-5,7,11H,6,8H2,(H2,12,13,14). The van der Waals surface area contributed by atoms with Gasteiger partial charge in [-0.15, -0.1) is 0 Å². The Balaban J connectivity index is 2.68. The highest BCUT2D eigenvalue weighted by Crippen LogP contribution is 2.34. The Morgan fingerprint density at radius 2 is 2.07 bits per heavy atom. The lowest BCUT2D eigenvalue weighted by Gasteiger charge is -1.99. The molecule has 0 aromatic heterocycles. The summed E-state index contributed by atoms with van der Waals surface area (Å²) < 4.78 is 10.5. The molecule has 1 aromatic carbocycles. The largest absolute Gasteiger partial charge is 0.392 e. The molecule has 0 aliphatic carbocycles. The number of hydrogen-bond acceptors (Lipinski definition) is 2. The molecule has 0 saturated carbocycles. The average Bonchev–Trinajstić information content (AvgIpc) is 2.16. The van der Waals surface area contributed by atoms with E-state index in [9.17, 15) is 4.57 Å². The van der Waals surface area contributed by atoms with Crippen molar-refractivity contribution in [3.63, 3.8) is 0 Å². The normalized spacial score (nSPS) is 12.2. The van der Waals surface area contributed by atoms with Crippen molar-refractivity contribution < 1.29 is 19.5 Å². The maximum Gasteiger partial charge on any atom is 0.329 e. The monoisotopic (exact) mass is 228 g/mol. The molecule has 0 unspecified atom stereocenters. The molecular formula is C10H13O4P. The molecule has 0 spiro atoms. The van der Waals surface area contributed by atoms with Crippen molar-refractivity contribution in [2.24, 2.45) is 0 Å². The molecule has 0 aliphatic heterocycles. The van der Waals surface area contributed by atoms with Gasteiger partial charge in [0, 0.05) is 0 Å². The van der Waals surface area contributed by atoms with Gasteiger partial charge in [-0.3, -0.25) is 4.57 Å². The Hall–Kier alpha value is -0.930. The van der Waals surface area contributed by atoms with Crippen molar-refractivity contribution in [1.82, 2.24) is 0 Å². The van der Waals surface area contributed by atoms with Gasteiger partial charge in [0.1, 0.15) is 0 Å². The number of allylic oxidation sites excluding steroid dienone is 1. The smallest absolute Gasteiger partial charge is 0.329 e. The van der Waals surface area contributed by atoms with Crippen molar-refractivity contribution in [3.05, 3.63) is 41.5 Å². The van der Waals surface area contributed by atoms with Crippen LogP contribution in [0.15, 0.2) is 30.3 Å². The van der Waals surface area contributed by atoms with E-state index in [0.717, 1.165) is 11.1 Å². The summed E-state index contributed by atoms with van der Waals surface area (Å²) in [5, 5.41) is 8.87. The molecule has 0 heterocycles. The van der Waals surface area contributed by atoms with Gasteiger partial charge in [0.2, 0.25) is 0 Å². The lowest BCUT2D eigenvalue weighted by atomic mass is 10.1. The predicted octanol–water partition coefficient (Wildman–Crippen LogP) is 1.37. The lowest BCUT2D eigenvalue weighted by Crippen LogP contribution is -1.84. The zero-order valence-electron chi connectivity index (χ0n) is 8.08. The van der Waals surface area contributed by atoms with Crippen molar-refractivity contribution in [2.45, 2.75) is 6.61 Å². The summed E-state index contributed by atoms with van der Waals surface area (Å²) in [7, 11) is -3.96. The summed E-state index contributed by atoms with van der Waals surface area (Å²) in [6.45, 7) is -0.0415. The fourth-order valence-electron chi connectivity index (χ4n) is 1.12. The van der Waals surface area contributed by atoms with Crippen LogP contribution in [0.2, 0.25) is 0 Å². The maximum absolute atomic E-state index is 10.5. The Labute approximate surface area is 88.0 Å². The zero-order chi connectivity index (χ0) is 11.3. The molecule has 1 aromatic rings. The number of rotatable bonds is 4. The van der Waals surface area contributed by atoms with Gasteiger partial charge in [0.25, 0.3) is 0 Å². The van der Waals surface area contributed by atoms with Crippen LogP contribution in [0.25, 0.3) is 6.08 Å². The molecule has 0 bridgehead atoms. The third-order valence-electron chi connectivity index (χ3n) is 1.79. The van der Waals surface area contributed by atoms with Gasteiger partial charge >= 0.3 is 7.60 Å². The summed E-state index contributed by atoms with van der Waals surface area (Å²) >= 11 is 0. The lowest BCUT2D eigenvalue weighted by molar-refractivity contribution is 0.282. The van der Waals surface area contributed by atoms with Gasteiger partial charge in [-0.2, -0.15) is 0 Å². The summed E-state index contributed by atoms with van der Waals surface area (Å²) in [4.78, 5) is 17.2. The highest BCUT2D eigenvalue weighted by atomic mass is 31.2. The summed E-state index contributed by atoms with van der Waals surface area (Å²) in [6, 6.07) is 7.12. The third kappa shape index (κ3) is 4.91. The first-order chi connectivity index (χ1) is 7.01. The minimum Gasteiger partial charge on any atom is -0.392 e. The molecule has 0 fully saturated rings. The van der Waals surface area contributed by atoms with E-state index in [0.29, 0.717) is 0 Å². The Morgan fingerprint density at radius 1 is 1.33 bits per heavy atom. The van der Waals surface area contributed by atoms with Crippen LogP contribution in [0.1, 0.15) is 11.1 Å². The Bertz CT molecular complexity index is 394. The molecule has 0 aliphatic rings. The first-order valence-electron chi connectivity index (χ1n) is 4.42. The van der Waals surface area contributed by atoms with Crippen LogP contribution in [-0.4, -0.2) is 21.1 Å². The van der Waals surface area contributed by atoms with Gasteiger partial charge in [-0.25, -0.2) is 0 Å². The molecule has 82 valence electrons. The first-order valence-corrected chi connectivity index (χ1v) is 6.22. The summed E-state index contributed by atoms with van der Waals surface area (Å²) in [5.74, 6) is 0. The van der Waals surface area contributed by atoms with E-state index < -0.39 is 7.60 Å². The second-order valence-electron chi connectivity index (χ2n) is 3.15. The van der Waals surface area contributed by atoms with E-state index in [1.54, 1.807) is 30.3 Å².